The molecule has 5 fully saturated rings. The van der Waals surface area contributed by atoms with Gasteiger partial charge in [0.2, 0.25) is 0 Å². The first-order valence-corrected chi connectivity index (χ1v) is 46.0. The Hall–Kier alpha value is -8.62. The quantitative estimate of drug-likeness (QED) is 0.0159. The van der Waals surface area contributed by atoms with Gasteiger partial charge >= 0.3 is 5.69 Å². The van der Waals surface area contributed by atoms with Crippen molar-refractivity contribution in [2.45, 2.75) is 287 Å². The second-order valence-corrected chi connectivity index (χ2v) is 50.3. The first kappa shape index (κ1) is 93.0. The Balaban J connectivity index is 0.000000246. The molecule has 0 aromatic heterocycles. The van der Waals surface area contributed by atoms with Crippen LogP contribution in [0.1, 0.15) is 173 Å². The molecule has 111 heavy (non-hydrogen) atoms. The molecule has 1 heterocycles. The lowest BCUT2D eigenvalue weighted by Crippen LogP contribution is -2.60. The normalized spacial score (nSPS) is 24.8. The molecule has 0 saturated heterocycles. The molecule has 5 aliphatic carbocycles. The molecular formula is C81H116ClFN14O11Si3. The highest BCUT2D eigenvalue weighted by atomic mass is 35.5. The van der Waals surface area contributed by atoms with Gasteiger partial charge in [-0.05, 0) is 226 Å². The van der Waals surface area contributed by atoms with Gasteiger partial charge in [0.15, 0.2) is 59.2 Å². The molecular weight excluding hydrogens is 1480 g/mol. The number of hydrogen-bond acceptors (Lipinski definition) is 17. The molecule has 0 radical (unpaired) electrons. The summed E-state index contributed by atoms with van der Waals surface area (Å²) in [6.07, 6.45) is 10.7. The fraction of sp³-hybridized carbons (Fsp3) is 0.568. The van der Waals surface area contributed by atoms with Gasteiger partial charge in [-0.2, -0.15) is 0 Å². The van der Waals surface area contributed by atoms with Gasteiger partial charge in [-0.3, -0.25) is 30.3 Å². The molecule has 0 amide bonds. The molecule has 11 rings (SSSR count). The summed E-state index contributed by atoms with van der Waals surface area (Å²) in [6.45, 7) is 80.4. The predicted molar refractivity (Wildman–Crippen MR) is 452 cm³/mol. The molecule has 25 nitrogen and oxygen atoms in total. The average Bonchev–Trinajstić information content (AvgIpc) is 0.757. The van der Waals surface area contributed by atoms with Crippen molar-refractivity contribution >= 4 is 111 Å². The van der Waals surface area contributed by atoms with Crippen LogP contribution in [0.3, 0.4) is 0 Å². The minimum Gasteiger partial charge on any atom is -0.411 e. The SMILES string of the molecule is CC1(O)CC(N)C1.Cl.[C-]#[N+]c1ccc(N)c(NC2CC(C)(O[Si](C)(C)C(C)(C)C)C2)c1.[C-]#[N+]c1ccc([N+](=O)[O-])c(F)c1.[C-]#[N+]c1ccc([N+](=O)[O-])c(NC2CC(C)(O)C2)c1.[C-]#[N+]c1ccc([N+](=O)[O-])c(NC2CC(C)(O[Si](C)(C)C(C)(C)C)C2)c1.[C-]#[N+]c1ccc2c(c1)N(C1CC(C)(O[Si](C)(C)C(C)(C)C)C1)CCC2. The third-order valence-electron chi connectivity index (χ3n) is 22.7. The summed E-state index contributed by atoms with van der Waals surface area (Å²) < 4.78 is 32.6. The second kappa shape index (κ2) is 36.0. The van der Waals surface area contributed by atoms with E-state index in [2.05, 4.69) is 180 Å². The number of rotatable bonds is 16. The van der Waals surface area contributed by atoms with E-state index >= 15 is 0 Å². The van der Waals surface area contributed by atoms with Crippen LogP contribution in [-0.4, -0.2) is 115 Å². The van der Waals surface area contributed by atoms with Crippen LogP contribution in [0, 0.1) is 69.0 Å². The van der Waals surface area contributed by atoms with Crippen LogP contribution in [0.4, 0.5) is 78.3 Å². The maximum absolute atomic E-state index is 12.7. The number of hydrogen-bond donors (Lipinski definition) is 7. The minimum atomic E-state index is -1.85. The van der Waals surface area contributed by atoms with E-state index in [9.17, 15) is 39.8 Å². The molecule has 602 valence electrons. The van der Waals surface area contributed by atoms with Crippen LogP contribution in [0.15, 0.2) is 91.0 Å². The van der Waals surface area contributed by atoms with Gasteiger partial charge < -0.3 is 55.8 Å². The van der Waals surface area contributed by atoms with Crippen LogP contribution in [-0.2, 0) is 19.7 Å². The minimum absolute atomic E-state index is 0. The van der Waals surface area contributed by atoms with E-state index in [1.54, 1.807) is 25.1 Å². The summed E-state index contributed by atoms with van der Waals surface area (Å²) in [5.41, 5.74) is 16.6. The monoisotopic (exact) mass is 1600 g/mol. The molecule has 5 aromatic rings. The Morgan fingerprint density at radius 1 is 0.495 bits per heavy atom. The summed E-state index contributed by atoms with van der Waals surface area (Å²) >= 11 is 0. The number of nitrogens with two attached hydrogens (primary N) is 2. The van der Waals surface area contributed by atoms with Crippen LogP contribution < -0.4 is 32.3 Å². The number of nitro benzene ring substituents is 3. The van der Waals surface area contributed by atoms with Crippen molar-refractivity contribution < 1.29 is 42.7 Å². The Labute approximate surface area is 665 Å². The largest absolute Gasteiger partial charge is 0.411 e. The molecule has 0 atom stereocenters. The van der Waals surface area contributed by atoms with E-state index in [0.29, 0.717) is 59.0 Å². The number of nitro groups is 3. The zero-order valence-electron chi connectivity index (χ0n) is 68.3. The van der Waals surface area contributed by atoms with Crippen molar-refractivity contribution in [1.29, 1.82) is 0 Å². The maximum atomic E-state index is 12.7. The third kappa shape index (κ3) is 25.2. The summed E-state index contributed by atoms with van der Waals surface area (Å²) in [5.74, 6) is -0.978. The number of nitrogen functional groups attached to an aromatic ring is 1. The Morgan fingerprint density at radius 2 is 0.811 bits per heavy atom. The van der Waals surface area contributed by atoms with E-state index in [4.69, 9.17) is 62.7 Å². The Morgan fingerprint density at radius 3 is 1.14 bits per heavy atom. The van der Waals surface area contributed by atoms with Crippen LogP contribution in [0.2, 0.25) is 54.4 Å². The maximum Gasteiger partial charge on any atom is 0.302 e. The fourth-order valence-corrected chi connectivity index (χ4v) is 19.1. The molecule has 0 spiro atoms. The van der Waals surface area contributed by atoms with Crippen molar-refractivity contribution in [2.75, 3.05) is 33.1 Å². The summed E-state index contributed by atoms with van der Waals surface area (Å²) in [4.78, 5) is 49.6. The van der Waals surface area contributed by atoms with Gasteiger partial charge in [0, 0.05) is 66.3 Å². The third-order valence-corrected chi connectivity index (χ3v) is 36.5. The topological polar surface area (TPSA) is 311 Å². The Kier molecular flexibility index (Phi) is 30.2. The van der Waals surface area contributed by atoms with E-state index < -0.39 is 62.4 Å². The number of aliphatic hydroxyl groups is 2. The molecule has 9 N–H and O–H groups in total. The van der Waals surface area contributed by atoms with Gasteiger partial charge in [0.1, 0.15) is 11.4 Å². The molecule has 5 saturated carbocycles. The standard InChI is InChI=1S/C21H32N2OSi.C18H27N3O3Si.C18H29N3OSi.C12H13N3O3.C7H3FN2O2.C5H11NO.ClH/c1-20(2,3)25(6,7)24-21(4)14-18(15-21)23-12-8-9-16-10-11-17(22-5)13-19(16)23;1-17(2,3)25(6,7)24-18(4)11-14(12-18)20-15-10-13(19-5)8-9-16(15)21(22)23;1-17(2,3)23(6,7)22-18(4)11-14(12-18)21-16-10-13(20-5)8-9-15(16)19;1-12(16)6-9(7-12)14-10-5-8(13-2)3-4-11(10)15(17)18;1-9-5-2-3-7(10(11)12)6(8)4-5;1-5(7)2-4(6)3-5;/h10-11,13,18H,8-9,12,14-15H2,1-4,6-7H3;8-10,14,20H,11-12H2,1-4,6-7H3;8-10,14,21H,11-12,19H2,1-4,6-7H3;3-5,9,14,16H,6-7H2,1H3;2-4H;4,7H,2-3,6H2,1H3;1H. The second-order valence-electron chi connectivity index (χ2n) is 36.2. The van der Waals surface area contributed by atoms with Crippen molar-refractivity contribution in [2.24, 2.45) is 5.73 Å². The van der Waals surface area contributed by atoms with Crippen molar-refractivity contribution in [1.82, 2.24) is 0 Å². The molecule has 30 heteroatoms. The highest BCUT2D eigenvalue weighted by Gasteiger charge is 2.53. The average molecular weight is 1600 g/mol. The lowest BCUT2D eigenvalue weighted by Gasteiger charge is -2.55. The molecule has 5 aromatic carbocycles. The van der Waals surface area contributed by atoms with Crippen LogP contribution in [0.25, 0.3) is 24.2 Å². The molecule has 0 unspecified atom stereocenters. The number of aryl methyl sites for hydroxylation is 1. The van der Waals surface area contributed by atoms with Crippen LogP contribution >= 0.6 is 12.4 Å². The van der Waals surface area contributed by atoms with Gasteiger partial charge in [0.05, 0.1) is 81.3 Å². The van der Waals surface area contributed by atoms with Crippen molar-refractivity contribution in [3.63, 3.8) is 0 Å². The zero-order chi connectivity index (χ0) is 82.9. The van der Waals surface area contributed by atoms with Crippen molar-refractivity contribution in [3.05, 3.63) is 190 Å². The predicted octanol–water partition coefficient (Wildman–Crippen LogP) is 21.6. The van der Waals surface area contributed by atoms with Crippen LogP contribution in [0.5, 0.6) is 0 Å². The number of nitrogens with one attached hydrogen (secondary N) is 3. The van der Waals surface area contributed by atoms with E-state index in [1.807, 2.05) is 19.1 Å². The van der Waals surface area contributed by atoms with Gasteiger partial charge in [-0.1, -0.05) is 80.5 Å². The molecule has 0 bridgehead atoms. The fourth-order valence-electron chi connectivity index (χ4n) is 13.9. The highest BCUT2D eigenvalue weighted by molar-refractivity contribution is 6.75. The number of fused-ring (bicyclic) bond motifs is 1. The van der Waals surface area contributed by atoms with Gasteiger partial charge in [-0.15, -0.1) is 12.4 Å². The van der Waals surface area contributed by atoms with E-state index in [1.165, 1.54) is 54.1 Å². The lowest BCUT2D eigenvalue weighted by atomic mass is 9.75. The lowest BCUT2D eigenvalue weighted by molar-refractivity contribution is -0.387. The first-order valence-electron chi connectivity index (χ1n) is 37.3. The van der Waals surface area contributed by atoms with E-state index in [0.717, 1.165) is 87.8 Å². The van der Waals surface area contributed by atoms with Crippen molar-refractivity contribution in [3.8, 4) is 0 Å². The van der Waals surface area contributed by atoms with Gasteiger partial charge in [0.25, 0.3) is 11.4 Å². The number of benzene rings is 5. The summed E-state index contributed by atoms with van der Waals surface area (Å²) in [7, 11) is -5.33. The molecule has 1 aliphatic heterocycles. The summed E-state index contributed by atoms with van der Waals surface area (Å²) in [6, 6.07) is 24.5. The molecule has 6 aliphatic rings. The highest BCUT2D eigenvalue weighted by Crippen LogP contribution is 2.51. The number of anilines is 5. The Bertz CT molecular complexity index is 4360. The smallest absolute Gasteiger partial charge is 0.302 e. The zero-order valence-corrected chi connectivity index (χ0v) is 72.1. The van der Waals surface area contributed by atoms with E-state index in [-0.39, 0.29) is 79.5 Å². The first-order chi connectivity index (χ1) is 50.5. The number of halogens is 2. The summed E-state index contributed by atoms with van der Waals surface area (Å²) in [5, 5.41) is 61.2. The van der Waals surface area contributed by atoms with Gasteiger partial charge in [-0.25, -0.2) is 28.6 Å². The number of nitrogens with zero attached hydrogens (tertiary/aromatic N) is 9.